The molecule has 0 fully saturated rings. The van der Waals surface area contributed by atoms with Gasteiger partial charge in [-0.3, -0.25) is 0 Å². The van der Waals surface area contributed by atoms with Gasteiger partial charge in [0.2, 0.25) is 0 Å². The molecule has 0 aliphatic carbocycles. The normalized spacial score (nSPS) is 11.5. The Balaban J connectivity index is 0.952. The lowest BCUT2D eigenvalue weighted by Gasteiger charge is -2.10. The van der Waals surface area contributed by atoms with Gasteiger partial charge in [-0.05, 0) is 58.7 Å². The number of benzene rings is 9. The molecule has 0 unspecified atom stereocenters. The standard InChI is InChI=1S/C57H36N4O/c1-4-16-37(17-5-1)55-58-56(38-18-6-2-7-19-38)60-57(59-55)43-23-13-22-42(35-43)46-28-15-30-50-49-29-14-27-45(53(49)62-54(46)50)41-21-12-20-39(34-41)40-32-33-48-47-26-10-11-31-51(47)61(52(48)36-40)44-24-8-3-9-25-44/h1-36H. The lowest BCUT2D eigenvalue weighted by molar-refractivity contribution is 0.671. The first-order chi connectivity index (χ1) is 30.7. The summed E-state index contributed by atoms with van der Waals surface area (Å²) in [5.41, 5.74) is 14.5. The van der Waals surface area contributed by atoms with Crippen molar-refractivity contribution < 1.29 is 4.42 Å². The highest BCUT2D eigenvalue weighted by molar-refractivity contribution is 6.13. The Bertz CT molecular complexity index is 3570. The molecule has 0 bridgehead atoms. The van der Waals surface area contributed by atoms with E-state index in [-0.39, 0.29) is 0 Å². The first kappa shape index (κ1) is 35.5. The molecule has 5 heteroatoms. The maximum atomic E-state index is 6.98. The largest absolute Gasteiger partial charge is 0.455 e. The van der Waals surface area contributed by atoms with Crippen molar-refractivity contribution in [2.45, 2.75) is 0 Å². The van der Waals surface area contributed by atoms with Crippen molar-refractivity contribution in [1.29, 1.82) is 0 Å². The Labute approximate surface area is 357 Å². The monoisotopic (exact) mass is 792 g/mol. The van der Waals surface area contributed by atoms with Crippen molar-refractivity contribution in [3.8, 4) is 73.2 Å². The van der Waals surface area contributed by atoms with E-state index in [4.69, 9.17) is 19.4 Å². The van der Waals surface area contributed by atoms with Crippen LogP contribution in [0.2, 0.25) is 0 Å². The zero-order valence-electron chi connectivity index (χ0n) is 33.5. The number of para-hydroxylation sites is 4. The molecule has 0 N–H and O–H groups in total. The molecule has 9 aromatic carbocycles. The van der Waals surface area contributed by atoms with E-state index < -0.39 is 0 Å². The van der Waals surface area contributed by atoms with E-state index in [9.17, 15) is 0 Å². The van der Waals surface area contributed by atoms with E-state index in [2.05, 4.69) is 162 Å². The van der Waals surface area contributed by atoms with E-state index in [1.807, 2.05) is 60.7 Å². The second kappa shape index (κ2) is 14.7. The molecule has 0 spiro atoms. The van der Waals surface area contributed by atoms with Gasteiger partial charge in [0.25, 0.3) is 0 Å². The number of rotatable bonds is 7. The molecule has 3 aromatic heterocycles. The summed E-state index contributed by atoms with van der Waals surface area (Å²) < 4.78 is 9.35. The second-order valence-corrected chi connectivity index (χ2v) is 15.6. The number of hydrogen-bond donors (Lipinski definition) is 0. The van der Waals surface area contributed by atoms with E-state index in [0.717, 1.165) is 77.7 Å². The van der Waals surface area contributed by atoms with Gasteiger partial charge in [-0.25, -0.2) is 15.0 Å². The van der Waals surface area contributed by atoms with Crippen LogP contribution < -0.4 is 0 Å². The summed E-state index contributed by atoms with van der Waals surface area (Å²) in [4.78, 5) is 14.9. The molecule has 0 atom stereocenters. The van der Waals surface area contributed by atoms with Crippen molar-refractivity contribution in [3.63, 3.8) is 0 Å². The third kappa shape index (κ3) is 6.06. The Morgan fingerprint density at radius 1 is 0.290 bits per heavy atom. The molecule has 3 heterocycles. The van der Waals surface area contributed by atoms with Crippen molar-refractivity contribution in [2.75, 3.05) is 0 Å². The minimum absolute atomic E-state index is 0.610. The van der Waals surface area contributed by atoms with Crippen molar-refractivity contribution in [2.24, 2.45) is 0 Å². The average molecular weight is 793 g/mol. The van der Waals surface area contributed by atoms with Gasteiger partial charge in [0.05, 0.1) is 11.0 Å². The van der Waals surface area contributed by atoms with Gasteiger partial charge in [0.15, 0.2) is 17.5 Å². The molecular weight excluding hydrogens is 757 g/mol. The molecule has 12 aromatic rings. The smallest absolute Gasteiger partial charge is 0.164 e. The molecular formula is C57H36N4O. The van der Waals surface area contributed by atoms with Gasteiger partial charge >= 0.3 is 0 Å². The first-order valence-electron chi connectivity index (χ1n) is 20.8. The third-order valence-corrected chi connectivity index (χ3v) is 11.9. The molecule has 0 amide bonds. The lowest BCUT2D eigenvalue weighted by atomic mass is 9.96. The highest BCUT2D eigenvalue weighted by atomic mass is 16.3. The summed E-state index contributed by atoms with van der Waals surface area (Å²) in [6.07, 6.45) is 0. The van der Waals surface area contributed by atoms with Crippen LogP contribution in [0.3, 0.4) is 0 Å². The number of hydrogen-bond acceptors (Lipinski definition) is 4. The van der Waals surface area contributed by atoms with Crippen molar-refractivity contribution >= 4 is 43.7 Å². The van der Waals surface area contributed by atoms with E-state index >= 15 is 0 Å². The Hall–Kier alpha value is -8.41. The topological polar surface area (TPSA) is 56.7 Å². The van der Waals surface area contributed by atoms with E-state index in [0.29, 0.717) is 17.5 Å². The zero-order valence-corrected chi connectivity index (χ0v) is 33.5. The van der Waals surface area contributed by atoms with Crippen LogP contribution in [0.25, 0.3) is 117 Å². The second-order valence-electron chi connectivity index (χ2n) is 15.6. The van der Waals surface area contributed by atoms with Gasteiger partial charge in [0, 0.05) is 55.0 Å². The summed E-state index contributed by atoms with van der Waals surface area (Å²) in [6, 6.07) is 76.3. The molecule has 0 aliphatic heterocycles. The minimum atomic E-state index is 0.610. The van der Waals surface area contributed by atoms with Crippen LogP contribution in [-0.2, 0) is 0 Å². The number of furan rings is 1. The van der Waals surface area contributed by atoms with Crippen molar-refractivity contribution in [3.05, 3.63) is 218 Å². The summed E-state index contributed by atoms with van der Waals surface area (Å²) in [5.74, 6) is 1.87. The zero-order chi connectivity index (χ0) is 41.0. The highest BCUT2D eigenvalue weighted by Gasteiger charge is 2.19. The predicted molar refractivity (Wildman–Crippen MR) is 254 cm³/mol. The van der Waals surface area contributed by atoms with Gasteiger partial charge in [0.1, 0.15) is 11.2 Å². The van der Waals surface area contributed by atoms with Gasteiger partial charge in [-0.1, -0.05) is 182 Å². The van der Waals surface area contributed by atoms with Crippen LogP contribution >= 0.6 is 0 Å². The first-order valence-corrected chi connectivity index (χ1v) is 20.8. The van der Waals surface area contributed by atoms with Crippen LogP contribution in [-0.4, -0.2) is 19.5 Å². The Morgan fingerprint density at radius 3 is 1.35 bits per heavy atom. The Morgan fingerprint density at radius 2 is 0.726 bits per heavy atom. The lowest BCUT2D eigenvalue weighted by Crippen LogP contribution is -2.00. The summed E-state index contributed by atoms with van der Waals surface area (Å²) in [6.45, 7) is 0. The van der Waals surface area contributed by atoms with Gasteiger partial charge in [-0.15, -0.1) is 0 Å². The molecule has 0 saturated carbocycles. The van der Waals surface area contributed by atoms with Crippen LogP contribution in [0.5, 0.6) is 0 Å². The van der Waals surface area contributed by atoms with E-state index in [1.54, 1.807) is 0 Å². The predicted octanol–water partition coefficient (Wildman–Crippen LogP) is 14.9. The number of fused-ring (bicyclic) bond motifs is 6. The highest BCUT2D eigenvalue weighted by Crippen LogP contribution is 2.42. The van der Waals surface area contributed by atoms with E-state index in [1.165, 1.54) is 21.8 Å². The number of aromatic nitrogens is 4. The van der Waals surface area contributed by atoms with Crippen molar-refractivity contribution in [1.82, 2.24) is 19.5 Å². The van der Waals surface area contributed by atoms with Gasteiger partial charge in [-0.2, -0.15) is 0 Å². The Kier molecular flexibility index (Phi) is 8.42. The maximum absolute atomic E-state index is 6.98. The fraction of sp³-hybridized carbons (Fsp3) is 0. The molecule has 12 rings (SSSR count). The minimum Gasteiger partial charge on any atom is -0.455 e. The van der Waals surface area contributed by atoms with Gasteiger partial charge < -0.3 is 8.98 Å². The fourth-order valence-electron chi connectivity index (χ4n) is 8.91. The van der Waals surface area contributed by atoms with Crippen LogP contribution in [0, 0.1) is 0 Å². The summed E-state index contributed by atoms with van der Waals surface area (Å²) >= 11 is 0. The summed E-state index contributed by atoms with van der Waals surface area (Å²) in [7, 11) is 0. The van der Waals surface area contributed by atoms with Crippen LogP contribution in [0.4, 0.5) is 0 Å². The summed E-state index contributed by atoms with van der Waals surface area (Å²) in [5, 5.41) is 4.62. The maximum Gasteiger partial charge on any atom is 0.164 e. The molecule has 0 radical (unpaired) electrons. The van der Waals surface area contributed by atoms with Crippen LogP contribution in [0.15, 0.2) is 223 Å². The molecule has 62 heavy (non-hydrogen) atoms. The average Bonchev–Trinajstić information content (AvgIpc) is 3.91. The molecule has 0 aliphatic rings. The molecule has 0 saturated heterocycles. The third-order valence-electron chi connectivity index (χ3n) is 11.9. The molecule has 5 nitrogen and oxygen atoms in total. The molecule has 290 valence electrons. The SMILES string of the molecule is c1ccc(-c2nc(-c3ccccc3)nc(-c3cccc(-c4cccc5c4oc4c(-c6cccc(-c7ccc8c9ccccc9n(-c9ccccc9)c8c7)c6)cccc45)c3)n2)cc1. The fourth-order valence-corrected chi connectivity index (χ4v) is 8.91. The quantitative estimate of drug-likeness (QED) is 0.161. The van der Waals surface area contributed by atoms with Crippen LogP contribution in [0.1, 0.15) is 0 Å². The number of nitrogens with zero attached hydrogens (tertiary/aromatic N) is 4.